The minimum atomic E-state index is -0.0959. The van der Waals surface area contributed by atoms with Crippen molar-refractivity contribution in [3.05, 3.63) is 83.7 Å². The molecule has 3 rings (SSSR count). The molecular formula is C21H20N2O3. The topological polar surface area (TPSA) is 53.3 Å². The van der Waals surface area contributed by atoms with Crippen LogP contribution in [0.5, 0.6) is 11.5 Å². The largest absolute Gasteiger partial charge is 0.493 e. The smallest absolute Gasteiger partial charge is 0.189 e. The van der Waals surface area contributed by atoms with Crippen molar-refractivity contribution in [3.8, 4) is 11.5 Å². The number of rotatable bonds is 7. The quantitative estimate of drug-likeness (QED) is 0.480. The van der Waals surface area contributed by atoms with E-state index in [1.165, 1.54) is 6.08 Å². The van der Waals surface area contributed by atoms with Crippen LogP contribution in [0, 0.1) is 0 Å². The fraction of sp³-hybridized carbons (Fsp3) is 0.143. The summed E-state index contributed by atoms with van der Waals surface area (Å²) in [4.78, 5) is 12.1. The van der Waals surface area contributed by atoms with Gasteiger partial charge in [0.2, 0.25) is 0 Å². The summed E-state index contributed by atoms with van der Waals surface area (Å²) in [5.74, 6) is 1.19. The van der Waals surface area contributed by atoms with E-state index in [0.717, 1.165) is 11.1 Å². The van der Waals surface area contributed by atoms with E-state index in [0.29, 0.717) is 23.7 Å². The van der Waals surface area contributed by atoms with Crippen molar-refractivity contribution in [2.45, 2.75) is 6.61 Å². The fourth-order valence-corrected chi connectivity index (χ4v) is 2.46. The molecule has 26 heavy (non-hydrogen) atoms. The van der Waals surface area contributed by atoms with Gasteiger partial charge in [-0.3, -0.25) is 9.48 Å². The van der Waals surface area contributed by atoms with Crippen molar-refractivity contribution < 1.29 is 14.3 Å². The lowest BCUT2D eigenvalue weighted by Crippen LogP contribution is -1.98. The van der Waals surface area contributed by atoms with Gasteiger partial charge in [-0.1, -0.05) is 42.5 Å². The highest BCUT2D eigenvalue weighted by molar-refractivity contribution is 6.06. The molecule has 0 saturated heterocycles. The van der Waals surface area contributed by atoms with Gasteiger partial charge in [0.05, 0.1) is 18.9 Å². The van der Waals surface area contributed by atoms with Crippen molar-refractivity contribution >= 4 is 11.9 Å². The zero-order chi connectivity index (χ0) is 18.4. The number of ketones is 1. The maximum absolute atomic E-state index is 12.1. The number of allylic oxidation sites excluding steroid dienone is 1. The van der Waals surface area contributed by atoms with Crippen LogP contribution in [0.3, 0.4) is 0 Å². The first-order valence-corrected chi connectivity index (χ1v) is 8.21. The lowest BCUT2D eigenvalue weighted by atomic mass is 10.1. The molecule has 0 spiro atoms. The number of hydrogen-bond acceptors (Lipinski definition) is 4. The van der Waals surface area contributed by atoms with Crippen molar-refractivity contribution in [3.63, 3.8) is 0 Å². The summed E-state index contributed by atoms with van der Waals surface area (Å²) < 4.78 is 12.9. The molecule has 0 unspecified atom stereocenters. The standard InChI is InChI=1S/C21H20N2O3/c1-23-14-18(13-22-23)19(24)10-8-16-9-11-20(21(12-16)25-2)26-15-17-6-4-3-5-7-17/h3-14H,15H2,1-2H3. The van der Waals surface area contributed by atoms with E-state index in [1.54, 1.807) is 37.3 Å². The zero-order valence-corrected chi connectivity index (χ0v) is 14.8. The Morgan fingerprint density at radius 1 is 1.15 bits per heavy atom. The van der Waals surface area contributed by atoms with E-state index < -0.39 is 0 Å². The Hall–Kier alpha value is -3.34. The highest BCUT2D eigenvalue weighted by Gasteiger charge is 2.07. The van der Waals surface area contributed by atoms with Gasteiger partial charge < -0.3 is 9.47 Å². The molecule has 0 N–H and O–H groups in total. The van der Waals surface area contributed by atoms with Gasteiger partial charge in [0.15, 0.2) is 17.3 Å². The second kappa shape index (κ2) is 8.16. The average Bonchev–Trinajstić information content (AvgIpc) is 3.12. The maximum Gasteiger partial charge on any atom is 0.189 e. The van der Waals surface area contributed by atoms with Crippen LogP contribution >= 0.6 is 0 Å². The number of nitrogens with zero attached hydrogens (tertiary/aromatic N) is 2. The normalized spacial score (nSPS) is 10.8. The number of hydrogen-bond donors (Lipinski definition) is 0. The summed E-state index contributed by atoms with van der Waals surface area (Å²) in [5, 5.41) is 4.00. The Balaban J connectivity index is 1.69. The van der Waals surface area contributed by atoms with E-state index in [1.807, 2.05) is 48.5 Å². The first-order valence-electron chi connectivity index (χ1n) is 8.21. The Bertz CT molecular complexity index is 914. The minimum Gasteiger partial charge on any atom is -0.493 e. The molecule has 0 radical (unpaired) electrons. The van der Waals surface area contributed by atoms with Crippen molar-refractivity contribution in [1.29, 1.82) is 0 Å². The molecule has 1 heterocycles. The third kappa shape index (κ3) is 4.39. The molecule has 0 amide bonds. The zero-order valence-electron chi connectivity index (χ0n) is 14.8. The predicted octanol–water partition coefficient (Wildman–Crippen LogP) is 3.90. The number of aryl methyl sites for hydroxylation is 1. The number of benzene rings is 2. The number of aromatic nitrogens is 2. The first-order chi connectivity index (χ1) is 12.7. The van der Waals surface area contributed by atoms with E-state index in [9.17, 15) is 4.79 Å². The number of carbonyl (C=O) groups excluding carboxylic acids is 1. The van der Waals surface area contributed by atoms with Gasteiger partial charge >= 0.3 is 0 Å². The van der Waals surface area contributed by atoms with Crippen molar-refractivity contribution in [1.82, 2.24) is 9.78 Å². The Morgan fingerprint density at radius 2 is 1.96 bits per heavy atom. The van der Waals surface area contributed by atoms with Crippen LogP contribution in [-0.2, 0) is 13.7 Å². The number of carbonyl (C=O) groups is 1. The van der Waals surface area contributed by atoms with Gasteiger partial charge in [-0.2, -0.15) is 5.10 Å². The molecule has 3 aromatic rings. The fourth-order valence-electron chi connectivity index (χ4n) is 2.46. The second-order valence-corrected chi connectivity index (χ2v) is 5.78. The second-order valence-electron chi connectivity index (χ2n) is 5.78. The van der Waals surface area contributed by atoms with E-state index in [2.05, 4.69) is 5.10 Å². The molecule has 0 saturated carbocycles. The van der Waals surface area contributed by atoms with Crippen LogP contribution in [0.15, 0.2) is 67.0 Å². The maximum atomic E-state index is 12.1. The average molecular weight is 348 g/mol. The van der Waals surface area contributed by atoms with E-state index >= 15 is 0 Å². The van der Waals surface area contributed by atoms with Gasteiger partial charge in [-0.25, -0.2) is 0 Å². The minimum absolute atomic E-state index is 0.0959. The van der Waals surface area contributed by atoms with Gasteiger partial charge in [-0.15, -0.1) is 0 Å². The molecular weight excluding hydrogens is 328 g/mol. The molecule has 0 fully saturated rings. The molecule has 2 aromatic carbocycles. The number of methoxy groups -OCH3 is 1. The molecule has 0 bridgehead atoms. The van der Waals surface area contributed by atoms with Gasteiger partial charge in [-0.05, 0) is 29.3 Å². The molecule has 0 aliphatic heterocycles. The highest BCUT2D eigenvalue weighted by atomic mass is 16.5. The summed E-state index contributed by atoms with van der Waals surface area (Å²) >= 11 is 0. The van der Waals surface area contributed by atoms with Crippen LogP contribution in [0.2, 0.25) is 0 Å². The van der Waals surface area contributed by atoms with E-state index in [-0.39, 0.29) is 5.78 Å². The highest BCUT2D eigenvalue weighted by Crippen LogP contribution is 2.29. The lowest BCUT2D eigenvalue weighted by molar-refractivity contribution is 0.104. The summed E-state index contributed by atoms with van der Waals surface area (Å²) in [5.41, 5.74) is 2.49. The molecule has 5 nitrogen and oxygen atoms in total. The third-order valence-electron chi connectivity index (χ3n) is 3.84. The van der Waals surface area contributed by atoms with Crippen molar-refractivity contribution in [2.75, 3.05) is 7.11 Å². The Morgan fingerprint density at radius 3 is 2.65 bits per heavy atom. The van der Waals surface area contributed by atoms with E-state index in [4.69, 9.17) is 9.47 Å². The van der Waals surface area contributed by atoms with Crippen molar-refractivity contribution in [2.24, 2.45) is 7.05 Å². The van der Waals surface area contributed by atoms with Crippen LogP contribution in [-0.4, -0.2) is 22.7 Å². The molecule has 0 atom stereocenters. The van der Waals surface area contributed by atoms with Gasteiger partial charge in [0, 0.05) is 13.2 Å². The molecule has 0 aliphatic rings. The Labute approximate surface area is 152 Å². The molecule has 0 aliphatic carbocycles. The molecule has 5 heteroatoms. The molecule has 132 valence electrons. The molecule has 1 aromatic heterocycles. The van der Waals surface area contributed by atoms with Crippen LogP contribution in [0.25, 0.3) is 6.08 Å². The first kappa shape index (κ1) is 17.5. The van der Waals surface area contributed by atoms with Crippen LogP contribution < -0.4 is 9.47 Å². The summed E-state index contributed by atoms with van der Waals surface area (Å²) in [7, 11) is 3.37. The summed E-state index contributed by atoms with van der Waals surface area (Å²) in [6.45, 7) is 0.464. The SMILES string of the molecule is COc1cc(C=CC(=O)c2cnn(C)c2)ccc1OCc1ccccc1. The summed E-state index contributed by atoms with van der Waals surface area (Å²) in [6.07, 6.45) is 6.51. The van der Waals surface area contributed by atoms with Crippen LogP contribution in [0.4, 0.5) is 0 Å². The lowest BCUT2D eigenvalue weighted by Gasteiger charge is -2.11. The van der Waals surface area contributed by atoms with Gasteiger partial charge in [0.1, 0.15) is 6.61 Å². The monoisotopic (exact) mass is 348 g/mol. The number of ether oxygens (including phenoxy) is 2. The predicted molar refractivity (Wildman–Crippen MR) is 100 cm³/mol. The van der Waals surface area contributed by atoms with Gasteiger partial charge in [0.25, 0.3) is 0 Å². The third-order valence-corrected chi connectivity index (χ3v) is 3.84. The van der Waals surface area contributed by atoms with Crippen LogP contribution in [0.1, 0.15) is 21.5 Å². The Kier molecular flexibility index (Phi) is 5.49. The summed E-state index contributed by atoms with van der Waals surface area (Å²) in [6, 6.07) is 15.5.